The first-order valence-electron chi connectivity index (χ1n) is 21.8. The van der Waals surface area contributed by atoms with E-state index in [1.807, 2.05) is 0 Å². The van der Waals surface area contributed by atoms with Gasteiger partial charge in [-0.25, -0.2) is 4.79 Å². The van der Waals surface area contributed by atoms with E-state index in [1.54, 1.807) is 30.3 Å². The number of hydrogen-bond acceptors (Lipinski definition) is 14. The van der Waals surface area contributed by atoms with Crippen LogP contribution >= 0.6 is 0 Å². The van der Waals surface area contributed by atoms with E-state index in [0.717, 1.165) is 12.8 Å². The number of hydrogen-bond donors (Lipinski definition) is 0. The average Bonchev–Trinajstić information content (AvgIpc) is 3.24. The van der Waals surface area contributed by atoms with Gasteiger partial charge in [-0.15, -0.1) is 0 Å². The molecular formula is C44H76O14. The SMILES string of the molecule is CCCCCCCCCCCCCCCC(=O)OCCOCCOCCOCCOCCOCCOCCOCCOCCOCCOC(=O)C(=O)c1ccccc1. The maximum absolute atomic E-state index is 11.9. The molecule has 14 nitrogen and oxygen atoms in total. The van der Waals surface area contributed by atoms with E-state index in [0.29, 0.717) is 124 Å². The highest BCUT2D eigenvalue weighted by atomic mass is 16.6. The van der Waals surface area contributed by atoms with Gasteiger partial charge in [0.2, 0.25) is 0 Å². The van der Waals surface area contributed by atoms with Crippen molar-refractivity contribution in [2.75, 3.05) is 132 Å². The lowest BCUT2D eigenvalue weighted by Crippen LogP contribution is -2.20. The maximum Gasteiger partial charge on any atom is 0.379 e. The lowest BCUT2D eigenvalue weighted by atomic mass is 10.0. The fourth-order valence-electron chi connectivity index (χ4n) is 5.40. The third-order valence-electron chi connectivity index (χ3n) is 8.63. The van der Waals surface area contributed by atoms with E-state index >= 15 is 0 Å². The fraction of sp³-hybridized carbons (Fsp3) is 0.795. The number of benzene rings is 1. The van der Waals surface area contributed by atoms with Crippen LogP contribution in [0.15, 0.2) is 30.3 Å². The first-order chi connectivity index (χ1) is 28.6. The van der Waals surface area contributed by atoms with E-state index in [2.05, 4.69) is 6.92 Å². The zero-order valence-corrected chi connectivity index (χ0v) is 35.6. The summed E-state index contributed by atoms with van der Waals surface area (Å²) in [7, 11) is 0. The van der Waals surface area contributed by atoms with Crippen LogP contribution in [-0.2, 0) is 61.7 Å². The van der Waals surface area contributed by atoms with Crippen LogP contribution < -0.4 is 0 Å². The smallest absolute Gasteiger partial charge is 0.379 e. The van der Waals surface area contributed by atoms with Gasteiger partial charge in [-0.3, -0.25) is 9.59 Å². The van der Waals surface area contributed by atoms with Crippen molar-refractivity contribution >= 4 is 17.7 Å². The number of unbranched alkanes of at least 4 members (excludes halogenated alkanes) is 12. The molecule has 0 radical (unpaired) electrons. The molecule has 0 unspecified atom stereocenters. The van der Waals surface area contributed by atoms with Gasteiger partial charge in [0, 0.05) is 12.0 Å². The molecule has 0 N–H and O–H groups in total. The van der Waals surface area contributed by atoms with Crippen molar-refractivity contribution in [1.29, 1.82) is 0 Å². The summed E-state index contributed by atoms with van der Waals surface area (Å²) in [6, 6.07) is 8.26. The van der Waals surface area contributed by atoms with Crippen molar-refractivity contribution in [2.45, 2.75) is 96.8 Å². The second kappa shape index (κ2) is 44.0. The van der Waals surface area contributed by atoms with Crippen molar-refractivity contribution in [3.8, 4) is 0 Å². The van der Waals surface area contributed by atoms with Crippen LogP contribution in [-0.4, -0.2) is 150 Å². The predicted molar refractivity (Wildman–Crippen MR) is 220 cm³/mol. The Labute approximate surface area is 348 Å². The Morgan fingerprint density at radius 2 is 0.655 bits per heavy atom. The number of Topliss-reactive ketones (excluding diaryl/α,β-unsaturated/α-hetero) is 1. The Balaban J connectivity index is 1.66. The molecular weight excluding hydrogens is 752 g/mol. The van der Waals surface area contributed by atoms with Gasteiger partial charge >= 0.3 is 11.9 Å². The first-order valence-corrected chi connectivity index (χ1v) is 21.8. The molecule has 336 valence electrons. The summed E-state index contributed by atoms with van der Waals surface area (Å²) in [5.41, 5.74) is 0.294. The summed E-state index contributed by atoms with van der Waals surface area (Å²) >= 11 is 0. The monoisotopic (exact) mass is 829 g/mol. The van der Waals surface area contributed by atoms with Crippen LogP contribution in [0.5, 0.6) is 0 Å². The second-order valence-corrected chi connectivity index (χ2v) is 13.6. The van der Waals surface area contributed by atoms with E-state index in [1.165, 1.54) is 70.6 Å². The summed E-state index contributed by atoms with van der Waals surface area (Å²) in [5, 5.41) is 0. The molecule has 0 fully saturated rings. The van der Waals surface area contributed by atoms with Gasteiger partial charge in [-0.05, 0) is 6.42 Å². The van der Waals surface area contributed by atoms with Gasteiger partial charge in [0.15, 0.2) is 0 Å². The molecule has 0 spiro atoms. The number of ketones is 1. The van der Waals surface area contributed by atoms with Gasteiger partial charge in [-0.1, -0.05) is 114 Å². The summed E-state index contributed by atoms with van der Waals surface area (Å²) < 4.78 is 59.3. The van der Waals surface area contributed by atoms with Crippen molar-refractivity contribution < 1.29 is 66.5 Å². The van der Waals surface area contributed by atoms with E-state index in [9.17, 15) is 14.4 Å². The molecule has 0 saturated carbocycles. The Bertz CT molecular complexity index is 1040. The summed E-state index contributed by atoms with van der Waals surface area (Å²) in [6.45, 7) is 10.2. The van der Waals surface area contributed by atoms with Gasteiger partial charge in [0.05, 0.1) is 119 Å². The quantitative estimate of drug-likeness (QED) is 0.0301. The molecule has 0 bridgehead atoms. The minimum Gasteiger partial charge on any atom is -0.463 e. The first kappa shape index (κ1) is 53.5. The molecule has 1 aromatic carbocycles. The number of carbonyl (C=O) groups is 3. The minimum absolute atomic E-state index is 0.00552. The molecule has 0 aliphatic rings. The van der Waals surface area contributed by atoms with E-state index in [4.69, 9.17) is 52.1 Å². The number of ether oxygens (including phenoxy) is 11. The third kappa shape index (κ3) is 37.7. The summed E-state index contributed by atoms with van der Waals surface area (Å²) in [6.07, 6.45) is 17.2. The molecule has 58 heavy (non-hydrogen) atoms. The standard InChI is InChI=1S/C44H76O14/c1-2-3-4-5-6-7-8-9-10-11-12-13-17-20-42(45)57-39-37-55-35-33-53-31-29-51-27-25-49-23-21-48-22-24-50-26-28-52-30-32-54-34-36-56-38-40-58-44(47)43(46)41-18-15-14-16-19-41/h14-16,18-19H,2-13,17,20-40H2,1H3. The second-order valence-electron chi connectivity index (χ2n) is 13.6. The number of carbonyl (C=O) groups excluding carboxylic acids is 3. The highest BCUT2D eigenvalue weighted by Gasteiger charge is 2.17. The van der Waals surface area contributed by atoms with Gasteiger partial charge in [0.1, 0.15) is 13.2 Å². The Morgan fingerprint density at radius 3 is 1.00 bits per heavy atom. The average molecular weight is 829 g/mol. The van der Waals surface area contributed by atoms with Crippen LogP contribution in [0.3, 0.4) is 0 Å². The molecule has 0 saturated heterocycles. The minimum atomic E-state index is -0.899. The van der Waals surface area contributed by atoms with Crippen molar-refractivity contribution in [3.05, 3.63) is 35.9 Å². The zero-order chi connectivity index (χ0) is 41.7. The van der Waals surface area contributed by atoms with Gasteiger partial charge in [0.25, 0.3) is 5.78 Å². The summed E-state index contributed by atoms with van der Waals surface area (Å²) in [5.74, 6) is -1.72. The van der Waals surface area contributed by atoms with Crippen LogP contribution in [0.4, 0.5) is 0 Å². The van der Waals surface area contributed by atoms with Gasteiger partial charge < -0.3 is 52.1 Å². The Hall–Kier alpha value is -2.53. The lowest BCUT2D eigenvalue weighted by molar-refractivity contribution is -0.145. The van der Waals surface area contributed by atoms with Crippen molar-refractivity contribution in [2.24, 2.45) is 0 Å². The molecule has 1 rings (SSSR count). The predicted octanol–water partition coefficient (Wildman–Crippen LogP) is 6.59. The van der Waals surface area contributed by atoms with Crippen LogP contribution in [0, 0.1) is 0 Å². The van der Waals surface area contributed by atoms with Crippen LogP contribution in [0.2, 0.25) is 0 Å². The van der Waals surface area contributed by atoms with Crippen LogP contribution in [0.25, 0.3) is 0 Å². The highest BCUT2D eigenvalue weighted by Crippen LogP contribution is 2.13. The molecule has 0 aromatic heterocycles. The number of esters is 2. The maximum atomic E-state index is 11.9. The largest absolute Gasteiger partial charge is 0.463 e. The molecule has 14 heteroatoms. The molecule has 1 aromatic rings. The zero-order valence-electron chi connectivity index (χ0n) is 35.6. The van der Waals surface area contributed by atoms with Crippen molar-refractivity contribution in [1.82, 2.24) is 0 Å². The summed E-state index contributed by atoms with van der Waals surface area (Å²) in [4.78, 5) is 35.5. The highest BCUT2D eigenvalue weighted by molar-refractivity contribution is 6.40. The van der Waals surface area contributed by atoms with E-state index < -0.39 is 11.8 Å². The Kier molecular flexibility index (Phi) is 40.6. The number of rotatable bonds is 46. The third-order valence-corrected chi connectivity index (χ3v) is 8.63. The molecule has 0 aliphatic carbocycles. The normalized spacial score (nSPS) is 11.3. The van der Waals surface area contributed by atoms with Crippen LogP contribution in [0.1, 0.15) is 107 Å². The van der Waals surface area contributed by atoms with Gasteiger partial charge in [-0.2, -0.15) is 0 Å². The fourth-order valence-corrected chi connectivity index (χ4v) is 5.40. The van der Waals surface area contributed by atoms with Crippen molar-refractivity contribution in [3.63, 3.8) is 0 Å². The molecule has 0 atom stereocenters. The lowest BCUT2D eigenvalue weighted by Gasteiger charge is -2.09. The Morgan fingerprint density at radius 1 is 0.362 bits per heavy atom. The van der Waals surface area contributed by atoms with E-state index in [-0.39, 0.29) is 25.8 Å². The molecule has 0 aliphatic heterocycles. The molecule has 0 heterocycles. The molecule has 0 amide bonds. The topological polar surface area (TPSA) is 153 Å².